The summed E-state index contributed by atoms with van der Waals surface area (Å²) in [5.74, 6) is -5.20. The van der Waals surface area contributed by atoms with Gasteiger partial charge in [0.05, 0.1) is 46.7 Å². The number of carbonyl (C=O) groups is 4. The molecule has 2 saturated heterocycles. The van der Waals surface area contributed by atoms with Crippen molar-refractivity contribution in [2.45, 2.75) is 37.5 Å². The number of hydrogen-bond acceptors (Lipinski definition) is 7. The van der Waals surface area contributed by atoms with Crippen LogP contribution in [0.1, 0.15) is 42.4 Å². The number of halogens is 3. The second-order valence-electron chi connectivity index (χ2n) is 13.9. The molecule has 0 unspecified atom stereocenters. The van der Waals surface area contributed by atoms with Crippen molar-refractivity contribution in [2.24, 2.45) is 23.7 Å². The summed E-state index contributed by atoms with van der Waals surface area (Å²) < 4.78 is 6.12. The first-order valence-electron chi connectivity index (χ1n) is 17.4. The van der Waals surface area contributed by atoms with Crippen LogP contribution in [0.25, 0.3) is 0 Å². The predicted molar refractivity (Wildman–Crippen MR) is 205 cm³/mol. The van der Waals surface area contributed by atoms with Gasteiger partial charge in [0.2, 0.25) is 11.8 Å². The van der Waals surface area contributed by atoms with E-state index in [0.29, 0.717) is 37.7 Å². The van der Waals surface area contributed by atoms with Gasteiger partial charge in [-0.1, -0.05) is 82.0 Å². The number of aromatic hydroxyl groups is 1. The average molecular weight is 816 g/mol. The molecular formula is C41H34BrCl2N3O6. The van der Waals surface area contributed by atoms with E-state index in [4.69, 9.17) is 27.9 Å². The summed E-state index contributed by atoms with van der Waals surface area (Å²) in [5, 5.41) is 13.2. The number of anilines is 2. The molecule has 0 bridgehead atoms. The molecule has 2 N–H and O–H groups in total. The highest BCUT2D eigenvalue weighted by Gasteiger charge is 2.70. The van der Waals surface area contributed by atoms with Crippen molar-refractivity contribution in [3.05, 3.63) is 128 Å². The lowest BCUT2D eigenvalue weighted by atomic mass is 9.49. The number of methoxy groups -OCH3 is 1. The normalized spacial score (nSPS) is 26.3. The molecule has 8 rings (SSSR count). The summed E-state index contributed by atoms with van der Waals surface area (Å²) in [6, 6.07) is 24.1. The van der Waals surface area contributed by atoms with Gasteiger partial charge in [0, 0.05) is 21.0 Å². The Morgan fingerprint density at radius 1 is 0.906 bits per heavy atom. The molecule has 2 aliphatic carbocycles. The van der Waals surface area contributed by atoms with Crippen LogP contribution < -0.4 is 15.1 Å². The van der Waals surface area contributed by atoms with E-state index >= 15 is 4.79 Å². The van der Waals surface area contributed by atoms with Crippen LogP contribution in [-0.2, 0) is 31.0 Å². The third-order valence-corrected chi connectivity index (χ3v) is 12.5. The van der Waals surface area contributed by atoms with E-state index in [2.05, 4.69) is 21.4 Å². The van der Waals surface area contributed by atoms with Gasteiger partial charge in [-0.2, -0.15) is 5.01 Å². The first-order chi connectivity index (χ1) is 25.5. The zero-order valence-electron chi connectivity index (χ0n) is 28.7. The van der Waals surface area contributed by atoms with Crippen molar-refractivity contribution in [1.82, 2.24) is 5.01 Å². The van der Waals surface area contributed by atoms with Gasteiger partial charge in [0.25, 0.3) is 11.8 Å². The smallest absolute Gasteiger partial charge is 0.260 e. The van der Waals surface area contributed by atoms with E-state index in [1.807, 2.05) is 25.1 Å². The van der Waals surface area contributed by atoms with E-state index in [9.17, 15) is 19.5 Å². The zero-order valence-corrected chi connectivity index (χ0v) is 31.8. The molecule has 4 aromatic carbocycles. The molecule has 3 fully saturated rings. The minimum atomic E-state index is -1.59. The molecule has 12 heteroatoms. The lowest BCUT2D eigenvalue weighted by Gasteiger charge is -2.50. The van der Waals surface area contributed by atoms with Crippen molar-refractivity contribution in [2.75, 3.05) is 17.4 Å². The third-order valence-electron chi connectivity index (χ3n) is 11.5. The lowest BCUT2D eigenvalue weighted by Crippen LogP contribution is -2.53. The van der Waals surface area contributed by atoms with Gasteiger partial charge in [0.15, 0.2) is 0 Å². The highest BCUT2D eigenvalue weighted by Crippen LogP contribution is 2.65. The summed E-state index contributed by atoms with van der Waals surface area (Å²) >= 11 is 16.3. The number of phenols is 1. The molecular weight excluding hydrogens is 781 g/mol. The van der Waals surface area contributed by atoms with Crippen molar-refractivity contribution >= 4 is 74.1 Å². The SMILES string of the molecule is CCc1ccc(N2C(=O)[C@H]3[C@H](CC=C4[C@H]3C[C@H]3C(=O)N(Nc5ccc(Cl)cc5Cl)C(=O)[C@@]3(c3ccc(OC)cc3)[C@H]4c3cc(Br)ccc3O)C2=O)cc1. The lowest BCUT2D eigenvalue weighted by molar-refractivity contribution is -0.138. The van der Waals surface area contributed by atoms with Gasteiger partial charge in [-0.05, 0) is 97.0 Å². The largest absolute Gasteiger partial charge is 0.508 e. The van der Waals surface area contributed by atoms with Crippen LogP contribution in [0.3, 0.4) is 0 Å². The minimum Gasteiger partial charge on any atom is -0.508 e. The molecule has 4 aliphatic rings. The van der Waals surface area contributed by atoms with Gasteiger partial charge < -0.3 is 9.84 Å². The summed E-state index contributed by atoms with van der Waals surface area (Å²) in [7, 11) is 1.54. The number of benzene rings is 4. The number of hydrogen-bond donors (Lipinski definition) is 2. The topological polar surface area (TPSA) is 116 Å². The first kappa shape index (κ1) is 35.4. The highest BCUT2D eigenvalue weighted by atomic mass is 79.9. The molecule has 4 aromatic rings. The minimum absolute atomic E-state index is 0.0765. The standard InChI is InChI=1S/C41H34BrCl2N3O6/c1-3-21-4-10-25(11-5-21)46-37(49)28-15-14-27-29(35(28)39(46)51)20-31-38(50)47(45-33-16-9-24(43)19-32(33)44)40(52)41(31,22-6-12-26(53-2)13-7-22)36(27)30-18-23(42)8-17-34(30)48/h4-14,16-19,28-29,31,35-36,45,48H,3,15,20H2,1-2H3/t28-,29+,31-,35-,36+,41+/m0/s1. The number of amides is 4. The van der Waals surface area contributed by atoms with Crippen LogP contribution in [0.5, 0.6) is 11.5 Å². The van der Waals surface area contributed by atoms with Gasteiger partial charge in [0.1, 0.15) is 11.5 Å². The Bertz CT molecular complexity index is 2230. The number of fused-ring (bicyclic) bond motifs is 4. The maximum absolute atomic E-state index is 15.4. The molecule has 2 heterocycles. The number of allylic oxidation sites excluding steroid dienone is 2. The summed E-state index contributed by atoms with van der Waals surface area (Å²) in [6.07, 6.45) is 3.12. The van der Waals surface area contributed by atoms with Gasteiger partial charge >= 0.3 is 0 Å². The maximum atomic E-state index is 15.4. The highest BCUT2D eigenvalue weighted by molar-refractivity contribution is 9.10. The molecule has 270 valence electrons. The Kier molecular flexibility index (Phi) is 8.91. The van der Waals surface area contributed by atoms with E-state index in [1.165, 1.54) is 11.0 Å². The van der Waals surface area contributed by atoms with E-state index < -0.39 is 46.8 Å². The van der Waals surface area contributed by atoms with Crippen LogP contribution in [0.2, 0.25) is 10.0 Å². The average Bonchev–Trinajstić information content (AvgIpc) is 3.54. The number of carbonyl (C=O) groups excluding carboxylic acids is 4. The molecule has 0 spiro atoms. The van der Waals surface area contributed by atoms with Crippen LogP contribution in [0.4, 0.5) is 11.4 Å². The number of rotatable bonds is 7. The van der Waals surface area contributed by atoms with E-state index in [1.54, 1.807) is 73.8 Å². The fraction of sp³-hybridized carbons (Fsp3) is 0.268. The summed E-state index contributed by atoms with van der Waals surface area (Å²) in [4.78, 5) is 60.2. The number of ether oxygens (including phenoxy) is 1. The fourth-order valence-electron chi connectivity index (χ4n) is 9.08. The molecule has 2 aliphatic heterocycles. The molecule has 4 amide bonds. The Balaban J connectivity index is 1.33. The maximum Gasteiger partial charge on any atom is 0.260 e. The summed E-state index contributed by atoms with van der Waals surface area (Å²) in [6.45, 7) is 2.03. The molecule has 53 heavy (non-hydrogen) atoms. The molecule has 1 saturated carbocycles. The Morgan fingerprint density at radius 3 is 2.32 bits per heavy atom. The Labute approximate surface area is 324 Å². The van der Waals surface area contributed by atoms with Crippen LogP contribution >= 0.6 is 39.1 Å². The number of hydrazine groups is 1. The van der Waals surface area contributed by atoms with Crippen molar-refractivity contribution < 1.29 is 29.0 Å². The Hall–Kier alpha value is -4.64. The summed E-state index contributed by atoms with van der Waals surface area (Å²) in [5.41, 5.74) is 4.93. The molecule has 0 aromatic heterocycles. The fourth-order valence-corrected chi connectivity index (χ4v) is 9.91. The van der Waals surface area contributed by atoms with Crippen LogP contribution in [0.15, 0.2) is 101 Å². The van der Waals surface area contributed by atoms with E-state index in [-0.39, 0.29) is 35.4 Å². The number of nitrogens with one attached hydrogen (secondary N) is 1. The quantitative estimate of drug-likeness (QED) is 0.143. The van der Waals surface area contributed by atoms with Crippen LogP contribution in [-0.4, -0.2) is 40.9 Å². The number of imide groups is 2. The number of phenolic OH excluding ortho intramolecular Hbond substituents is 1. The Morgan fingerprint density at radius 2 is 1.64 bits per heavy atom. The van der Waals surface area contributed by atoms with E-state index in [0.717, 1.165) is 22.6 Å². The van der Waals surface area contributed by atoms with Crippen molar-refractivity contribution in [3.8, 4) is 11.5 Å². The first-order valence-corrected chi connectivity index (χ1v) is 18.9. The third kappa shape index (κ3) is 5.40. The van der Waals surface area contributed by atoms with Gasteiger partial charge in [-0.3, -0.25) is 29.5 Å². The molecule has 6 atom stereocenters. The second-order valence-corrected chi connectivity index (χ2v) is 15.7. The van der Waals surface area contributed by atoms with Gasteiger partial charge in [-0.25, -0.2) is 0 Å². The number of aryl methyl sites for hydroxylation is 1. The van der Waals surface area contributed by atoms with Crippen molar-refractivity contribution in [1.29, 1.82) is 0 Å². The predicted octanol–water partition coefficient (Wildman–Crippen LogP) is 8.22. The second kappa shape index (κ2) is 13.3. The van der Waals surface area contributed by atoms with Crippen molar-refractivity contribution in [3.63, 3.8) is 0 Å². The number of nitrogens with zero attached hydrogens (tertiary/aromatic N) is 2. The monoisotopic (exact) mass is 813 g/mol. The zero-order chi connectivity index (χ0) is 37.3. The van der Waals surface area contributed by atoms with Crippen LogP contribution in [0, 0.1) is 23.7 Å². The molecule has 0 radical (unpaired) electrons. The van der Waals surface area contributed by atoms with Gasteiger partial charge in [-0.15, -0.1) is 0 Å². The molecule has 9 nitrogen and oxygen atoms in total.